The molecule has 0 bridgehead atoms. The monoisotopic (exact) mass is 332 g/mol. The molecule has 5 nitrogen and oxygen atoms in total. The van der Waals surface area contributed by atoms with Crippen molar-refractivity contribution in [3.8, 4) is 0 Å². The number of aliphatic hydroxyl groups excluding tert-OH is 1. The van der Waals surface area contributed by atoms with Crippen molar-refractivity contribution in [2.24, 2.45) is 5.92 Å². The number of hydrogen-bond acceptors (Lipinski definition) is 4. The zero-order chi connectivity index (χ0) is 16.8. The Morgan fingerprint density at radius 3 is 2.62 bits per heavy atom. The van der Waals surface area contributed by atoms with Crippen LogP contribution in [0.3, 0.4) is 0 Å². The maximum Gasteiger partial charge on any atom is 0.221 e. The molecule has 132 valence electrons. The SMILES string of the molecule is O=C(CCN1CCOCC1)N[C@H](Cc1ccccc1)C1CC(O)C1. The van der Waals surface area contributed by atoms with Gasteiger partial charge in [-0.3, -0.25) is 9.69 Å². The first-order valence-electron chi connectivity index (χ1n) is 9.02. The fraction of sp³-hybridized carbons (Fsp3) is 0.632. The van der Waals surface area contributed by atoms with E-state index in [1.54, 1.807) is 0 Å². The summed E-state index contributed by atoms with van der Waals surface area (Å²) >= 11 is 0. The summed E-state index contributed by atoms with van der Waals surface area (Å²) in [5.41, 5.74) is 1.23. The molecule has 5 heteroatoms. The van der Waals surface area contributed by atoms with Crippen molar-refractivity contribution in [2.45, 2.75) is 37.8 Å². The molecule has 0 radical (unpaired) electrons. The zero-order valence-corrected chi connectivity index (χ0v) is 14.2. The van der Waals surface area contributed by atoms with Gasteiger partial charge in [-0.1, -0.05) is 30.3 Å². The average molecular weight is 332 g/mol. The van der Waals surface area contributed by atoms with Gasteiger partial charge < -0.3 is 15.2 Å². The Bertz CT molecular complexity index is 511. The normalized spacial score (nSPS) is 25.7. The molecule has 3 rings (SSSR count). The third kappa shape index (κ3) is 5.03. The first-order chi connectivity index (χ1) is 11.7. The summed E-state index contributed by atoms with van der Waals surface area (Å²) in [6, 6.07) is 10.4. The molecule has 0 spiro atoms. The summed E-state index contributed by atoms with van der Waals surface area (Å²) < 4.78 is 5.34. The molecule has 2 N–H and O–H groups in total. The number of nitrogens with zero attached hydrogens (tertiary/aromatic N) is 1. The van der Waals surface area contributed by atoms with Crippen LogP contribution in [0.1, 0.15) is 24.8 Å². The summed E-state index contributed by atoms with van der Waals surface area (Å²) in [4.78, 5) is 14.7. The quantitative estimate of drug-likeness (QED) is 0.788. The van der Waals surface area contributed by atoms with Gasteiger partial charge in [-0.25, -0.2) is 0 Å². The van der Waals surface area contributed by atoms with E-state index in [9.17, 15) is 9.90 Å². The highest BCUT2D eigenvalue weighted by molar-refractivity contribution is 5.76. The van der Waals surface area contributed by atoms with Crippen LogP contribution < -0.4 is 5.32 Å². The number of aliphatic hydroxyl groups is 1. The van der Waals surface area contributed by atoms with Crippen molar-refractivity contribution in [2.75, 3.05) is 32.8 Å². The van der Waals surface area contributed by atoms with E-state index in [1.165, 1.54) is 5.56 Å². The molecule has 1 aromatic rings. The van der Waals surface area contributed by atoms with Gasteiger partial charge in [0.05, 0.1) is 19.3 Å². The Labute approximate surface area is 144 Å². The van der Waals surface area contributed by atoms with Crippen molar-refractivity contribution >= 4 is 5.91 Å². The number of hydrogen-bond donors (Lipinski definition) is 2. The van der Waals surface area contributed by atoms with Gasteiger partial charge in [0.1, 0.15) is 0 Å². The predicted molar refractivity (Wildman–Crippen MR) is 92.7 cm³/mol. The van der Waals surface area contributed by atoms with Crippen molar-refractivity contribution in [1.29, 1.82) is 0 Å². The Kier molecular flexibility index (Phi) is 6.24. The molecule has 1 saturated carbocycles. The van der Waals surface area contributed by atoms with Crippen LogP contribution in [-0.4, -0.2) is 60.9 Å². The van der Waals surface area contributed by atoms with E-state index >= 15 is 0 Å². The maximum absolute atomic E-state index is 12.4. The van der Waals surface area contributed by atoms with Gasteiger partial charge in [-0.05, 0) is 30.7 Å². The van der Waals surface area contributed by atoms with Crippen molar-refractivity contribution in [3.63, 3.8) is 0 Å². The molecule has 1 aliphatic carbocycles. The summed E-state index contributed by atoms with van der Waals surface area (Å²) in [5, 5.41) is 12.8. The minimum Gasteiger partial charge on any atom is -0.393 e. The summed E-state index contributed by atoms with van der Waals surface area (Å²) in [5.74, 6) is 0.497. The Hall–Kier alpha value is -1.43. The summed E-state index contributed by atoms with van der Waals surface area (Å²) in [6.07, 6.45) is 2.75. The molecular weight excluding hydrogens is 304 g/mol. The lowest BCUT2D eigenvalue weighted by molar-refractivity contribution is -0.123. The number of benzene rings is 1. The highest BCUT2D eigenvalue weighted by Crippen LogP contribution is 2.31. The number of rotatable bonds is 7. The summed E-state index contributed by atoms with van der Waals surface area (Å²) in [6.45, 7) is 4.14. The van der Waals surface area contributed by atoms with Crippen LogP contribution in [-0.2, 0) is 16.0 Å². The van der Waals surface area contributed by atoms with Crippen LogP contribution in [0.15, 0.2) is 30.3 Å². The Morgan fingerprint density at radius 2 is 1.96 bits per heavy atom. The Morgan fingerprint density at radius 1 is 1.25 bits per heavy atom. The molecule has 24 heavy (non-hydrogen) atoms. The lowest BCUT2D eigenvalue weighted by atomic mass is 9.75. The number of amides is 1. The van der Waals surface area contributed by atoms with Crippen LogP contribution in [0.5, 0.6) is 0 Å². The lowest BCUT2D eigenvalue weighted by Crippen LogP contribution is -2.49. The molecule has 0 unspecified atom stereocenters. The topological polar surface area (TPSA) is 61.8 Å². The second-order valence-electron chi connectivity index (χ2n) is 6.95. The van der Waals surface area contributed by atoms with Crippen LogP contribution in [0.4, 0.5) is 0 Å². The van der Waals surface area contributed by atoms with Crippen molar-refractivity contribution in [3.05, 3.63) is 35.9 Å². The third-order valence-corrected chi connectivity index (χ3v) is 5.12. The highest BCUT2D eigenvalue weighted by Gasteiger charge is 2.34. The van der Waals surface area contributed by atoms with Gasteiger partial charge in [0.2, 0.25) is 5.91 Å². The van der Waals surface area contributed by atoms with Crippen LogP contribution in [0, 0.1) is 5.92 Å². The first kappa shape index (κ1) is 17.4. The molecule has 1 saturated heterocycles. The summed E-state index contributed by atoms with van der Waals surface area (Å²) in [7, 11) is 0. The van der Waals surface area contributed by atoms with Crippen LogP contribution in [0.25, 0.3) is 0 Å². The van der Waals surface area contributed by atoms with Crippen LogP contribution in [0.2, 0.25) is 0 Å². The molecule has 0 aromatic heterocycles. The minimum atomic E-state index is -0.196. The van der Waals surface area contributed by atoms with Crippen LogP contribution >= 0.6 is 0 Å². The van der Waals surface area contributed by atoms with E-state index in [0.717, 1.165) is 52.1 Å². The molecule has 1 aliphatic heterocycles. The number of carbonyl (C=O) groups is 1. The van der Waals surface area contributed by atoms with E-state index in [4.69, 9.17) is 4.74 Å². The van der Waals surface area contributed by atoms with E-state index < -0.39 is 0 Å². The zero-order valence-electron chi connectivity index (χ0n) is 14.2. The smallest absolute Gasteiger partial charge is 0.221 e. The molecule has 1 heterocycles. The molecule has 1 atom stereocenters. The molecular formula is C19H28N2O3. The van der Waals surface area contributed by atoms with Gasteiger partial charge in [0.15, 0.2) is 0 Å². The van der Waals surface area contributed by atoms with Gasteiger partial charge in [0.25, 0.3) is 0 Å². The largest absolute Gasteiger partial charge is 0.393 e. The molecule has 2 fully saturated rings. The van der Waals surface area contributed by atoms with E-state index in [2.05, 4.69) is 22.3 Å². The lowest BCUT2D eigenvalue weighted by Gasteiger charge is -2.38. The van der Waals surface area contributed by atoms with E-state index in [0.29, 0.717) is 12.3 Å². The van der Waals surface area contributed by atoms with Crippen molar-refractivity contribution < 1.29 is 14.6 Å². The van der Waals surface area contributed by atoms with E-state index in [-0.39, 0.29) is 18.1 Å². The predicted octanol–water partition coefficient (Wildman–Crippen LogP) is 1.21. The average Bonchev–Trinajstić information content (AvgIpc) is 2.58. The molecule has 2 aliphatic rings. The Balaban J connectivity index is 1.49. The highest BCUT2D eigenvalue weighted by atomic mass is 16.5. The maximum atomic E-state index is 12.4. The van der Waals surface area contributed by atoms with Gasteiger partial charge in [-0.2, -0.15) is 0 Å². The second kappa shape index (κ2) is 8.60. The van der Waals surface area contributed by atoms with Gasteiger partial charge in [0, 0.05) is 32.1 Å². The van der Waals surface area contributed by atoms with Gasteiger partial charge in [-0.15, -0.1) is 0 Å². The fourth-order valence-corrected chi connectivity index (χ4v) is 3.53. The fourth-order valence-electron chi connectivity index (χ4n) is 3.53. The number of morpholine rings is 1. The number of carbonyl (C=O) groups excluding carboxylic acids is 1. The number of nitrogens with one attached hydrogen (secondary N) is 1. The third-order valence-electron chi connectivity index (χ3n) is 5.12. The van der Waals surface area contributed by atoms with Gasteiger partial charge >= 0.3 is 0 Å². The molecule has 1 aromatic carbocycles. The molecule has 1 amide bonds. The van der Waals surface area contributed by atoms with E-state index in [1.807, 2.05) is 18.2 Å². The standard InChI is InChI=1S/C19H28N2O3/c22-17-13-16(14-17)18(12-15-4-2-1-3-5-15)20-19(23)6-7-21-8-10-24-11-9-21/h1-5,16-18,22H,6-14H2,(H,20,23)/t16?,17?,18-/m1/s1. The number of ether oxygens (including phenoxy) is 1. The second-order valence-corrected chi connectivity index (χ2v) is 6.95. The first-order valence-corrected chi connectivity index (χ1v) is 9.02. The minimum absolute atomic E-state index is 0.115. The van der Waals surface area contributed by atoms with Crippen molar-refractivity contribution in [1.82, 2.24) is 10.2 Å².